The Kier molecular flexibility index (Phi) is 7.04. The predicted molar refractivity (Wildman–Crippen MR) is 133 cm³/mol. The summed E-state index contributed by atoms with van der Waals surface area (Å²) in [5, 5.41) is 16.2. The number of benzene rings is 2. The maximum Gasteiger partial charge on any atom is 0.257 e. The molecule has 0 heterocycles. The number of hydrogen-bond acceptors (Lipinski definition) is 7. The van der Waals surface area contributed by atoms with Gasteiger partial charge in [-0.25, -0.2) is 4.39 Å². The van der Waals surface area contributed by atoms with E-state index >= 15 is 0 Å². The number of phenols is 1. The monoisotopic (exact) mass is 481 g/mol. The average Bonchev–Trinajstić information content (AvgIpc) is 2.86. The molecule has 184 valence electrons. The number of para-hydroxylation sites is 1. The summed E-state index contributed by atoms with van der Waals surface area (Å²) in [6.45, 7) is 0.440. The summed E-state index contributed by atoms with van der Waals surface area (Å²) >= 11 is 0. The van der Waals surface area contributed by atoms with Crippen molar-refractivity contribution in [2.45, 2.75) is 32.1 Å². The van der Waals surface area contributed by atoms with Crippen LogP contribution in [0.1, 0.15) is 42.5 Å². The molecule has 0 saturated heterocycles. The number of ether oxygens (including phenoxy) is 1. The fourth-order valence-electron chi connectivity index (χ4n) is 4.24. The highest BCUT2D eigenvalue weighted by atomic mass is 19.1. The third kappa shape index (κ3) is 5.13. The highest BCUT2D eigenvalue weighted by Crippen LogP contribution is 2.35. The first kappa shape index (κ1) is 24.3. The third-order valence-electron chi connectivity index (χ3n) is 6.25. The van der Waals surface area contributed by atoms with Crippen LogP contribution >= 0.6 is 0 Å². The van der Waals surface area contributed by atoms with E-state index in [-0.39, 0.29) is 34.1 Å². The molecule has 0 aromatic heterocycles. The van der Waals surface area contributed by atoms with Crippen molar-refractivity contribution in [3.8, 4) is 11.5 Å². The van der Waals surface area contributed by atoms with E-state index in [0.717, 1.165) is 25.7 Å². The van der Waals surface area contributed by atoms with Gasteiger partial charge >= 0.3 is 0 Å². The molecular formula is C26H28FN3O5. The molecule has 1 amide bonds. The van der Waals surface area contributed by atoms with Gasteiger partial charge in [-0.3, -0.25) is 14.4 Å². The van der Waals surface area contributed by atoms with E-state index in [1.54, 1.807) is 20.2 Å². The number of phenolic OH excluding ortho intramolecular Hbond substituents is 1. The number of carbonyl (C=O) groups excluding carboxylic acids is 1. The second-order valence-electron chi connectivity index (χ2n) is 9.02. The Morgan fingerprint density at radius 3 is 2.34 bits per heavy atom. The second kappa shape index (κ2) is 10.2. The number of hydrogen-bond donors (Lipinski definition) is 3. The van der Waals surface area contributed by atoms with E-state index in [4.69, 9.17) is 4.74 Å². The molecule has 3 aromatic rings. The number of carbonyl (C=O) groups is 1. The van der Waals surface area contributed by atoms with Crippen molar-refractivity contribution in [1.29, 1.82) is 0 Å². The van der Waals surface area contributed by atoms with Crippen LogP contribution < -0.4 is 26.2 Å². The molecule has 3 aromatic carbocycles. The van der Waals surface area contributed by atoms with Crippen LogP contribution in [0.4, 0.5) is 27.1 Å². The maximum absolute atomic E-state index is 13.9. The first-order valence-corrected chi connectivity index (χ1v) is 11.6. The summed E-state index contributed by atoms with van der Waals surface area (Å²) in [5.41, 5.74) is -1.14. The largest absolute Gasteiger partial charge is 0.505 e. The van der Waals surface area contributed by atoms with Crippen LogP contribution in [0.15, 0.2) is 46.0 Å². The summed E-state index contributed by atoms with van der Waals surface area (Å²) in [4.78, 5) is 38.3. The molecule has 0 spiro atoms. The number of nitrogens with zero attached hydrogens (tertiary/aromatic N) is 1. The van der Waals surface area contributed by atoms with E-state index < -0.39 is 22.6 Å². The smallest absolute Gasteiger partial charge is 0.257 e. The van der Waals surface area contributed by atoms with E-state index in [1.807, 2.05) is 0 Å². The van der Waals surface area contributed by atoms with Crippen molar-refractivity contribution < 1.29 is 19.0 Å². The lowest BCUT2D eigenvalue weighted by Crippen LogP contribution is -2.36. The lowest BCUT2D eigenvalue weighted by atomic mass is 9.90. The van der Waals surface area contributed by atoms with Gasteiger partial charge < -0.3 is 25.4 Å². The molecule has 0 radical (unpaired) electrons. The zero-order valence-corrected chi connectivity index (χ0v) is 19.7. The number of nitrogens with one attached hydrogen (secondary N) is 2. The van der Waals surface area contributed by atoms with Gasteiger partial charge in [0.15, 0.2) is 5.75 Å². The zero-order chi connectivity index (χ0) is 25.1. The maximum atomic E-state index is 13.9. The van der Waals surface area contributed by atoms with Crippen molar-refractivity contribution in [3.63, 3.8) is 0 Å². The minimum absolute atomic E-state index is 0.0344. The quantitative estimate of drug-likeness (QED) is 0.326. The second-order valence-corrected chi connectivity index (χ2v) is 9.02. The van der Waals surface area contributed by atoms with Crippen molar-refractivity contribution in [2.75, 3.05) is 31.3 Å². The molecule has 1 aliphatic rings. The van der Waals surface area contributed by atoms with Gasteiger partial charge in [-0.05, 0) is 43.0 Å². The molecule has 0 aliphatic heterocycles. The molecule has 0 unspecified atom stereocenters. The van der Waals surface area contributed by atoms with Gasteiger partial charge in [0.05, 0.1) is 23.5 Å². The number of halogens is 1. The summed E-state index contributed by atoms with van der Waals surface area (Å²) in [5.74, 6) is -0.603. The van der Waals surface area contributed by atoms with Crippen LogP contribution in [-0.2, 0) is 0 Å². The minimum atomic E-state index is -0.775. The Balaban J connectivity index is 1.57. The Morgan fingerprint density at radius 2 is 1.69 bits per heavy atom. The molecule has 1 saturated carbocycles. The van der Waals surface area contributed by atoms with Crippen LogP contribution in [-0.4, -0.2) is 36.6 Å². The van der Waals surface area contributed by atoms with E-state index in [1.165, 1.54) is 41.7 Å². The first-order valence-electron chi connectivity index (χ1n) is 11.6. The fourth-order valence-corrected chi connectivity index (χ4v) is 4.24. The first-order chi connectivity index (χ1) is 16.8. The SMILES string of the molecule is CN(C)C(=O)c1cccc(Nc2c(Nc3ccc(F)cc3OCC3CCCCC3)c(=O)c2=O)c1O. The predicted octanol–water partition coefficient (Wildman–Crippen LogP) is 4.28. The summed E-state index contributed by atoms with van der Waals surface area (Å²) < 4.78 is 19.8. The topological polar surface area (TPSA) is 108 Å². The van der Waals surface area contributed by atoms with E-state index in [9.17, 15) is 23.9 Å². The van der Waals surface area contributed by atoms with Crippen molar-refractivity contribution in [2.24, 2.45) is 5.92 Å². The molecule has 1 fully saturated rings. The third-order valence-corrected chi connectivity index (χ3v) is 6.25. The Hall–Kier alpha value is -3.88. The van der Waals surface area contributed by atoms with Gasteiger partial charge in [-0.1, -0.05) is 25.3 Å². The van der Waals surface area contributed by atoms with Crippen LogP contribution in [0.5, 0.6) is 11.5 Å². The van der Waals surface area contributed by atoms with Crippen LogP contribution in [0, 0.1) is 11.7 Å². The van der Waals surface area contributed by atoms with Crippen molar-refractivity contribution in [1.82, 2.24) is 4.90 Å². The minimum Gasteiger partial charge on any atom is -0.505 e. The lowest BCUT2D eigenvalue weighted by molar-refractivity contribution is 0.0824. The van der Waals surface area contributed by atoms with Crippen molar-refractivity contribution in [3.05, 3.63) is 68.2 Å². The van der Waals surface area contributed by atoms with Gasteiger partial charge in [0.25, 0.3) is 16.8 Å². The Morgan fingerprint density at radius 1 is 1.03 bits per heavy atom. The molecule has 8 nitrogen and oxygen atoms in total. The van der Waals surface area contributed by atoms with Gasteiger partial charge in [0.1, 0.15) is 22.9 Å². The Bertz CT molecular complexity index is 1310. The zero-order valence-electron chi connectivity index (χ0n) is 19.7. The fraction of sp³-hybridized carbons (Fsp3) is 0.346. The molecule has 4 rings (SSSR count). The van der Waals surface area contributed by atoms with E-state index in [0.29, 0.717) is 18.2 Å². The molecule has 3 N–H and O–H groups in total. The highest BCUT2D eigenvalue weighted by Gasteiger charge is 2.25. The Labute approximate surface area is 202 Å². The molecule has 1 aliphatic carbocycles. The number of aromatic hydroxyl groups is 1. The van der Waals surface area contributed by atoms with Gasteiger partial charge in [0.2, 0.25) is 0 Å². The average molecular weight is 482 g/mol. The van der Waals surface area contributed by atoms with Crippen LogP contribution in [0.3, 0.4) is 0 Å². The van der Waals surface area contributed by atoms with Crippen molar-refractivity contribution >= 4 is 28.7 Å². The highest BCUT2D eigenvalue weighted by molar-refractivity contribution is 5.99. The standard InChI is InChI=1S/C26H28FN3O5/c1-30(2)26(34)17-9-6-10-19(23(17)31)29-22-21(24(32)25(22)33)28-18-12-11-16(27)13-20(18)35-14-15-7-4-3-5-8-15/h6,9-13,15,28-29,31H,3-5,7-8,14H2,1-2H3. The molecule has 0 bridgehead atoms. The molecule has 9 heteroatoms. The number of rotatable bonds is 8. The van der Waals surface area contributed by atoms with Gasteiger partial charge in [0, 0.05) is 20.2 Å². The van der Waals surface area contributed by atoms with Gasteiger partial charge in [-0.15, -0.1) is 0 Å². The summed E-state index contributed by atoms with van der Waals surface area (Å²) in [6, 6.07) is 8.41. The molecular weight excluding hydrogens is 453 g/mol. The summed E-state index contributed by atoms with van der Waals surface area (Å²) in [6.07, 6.45) is 5.63. The van der Waals surface area contributed by atoms with Crippen LogP contribution in [0.2, 0.25) is 0 Å². The molecule has 0 atom stereocenters. The van der Waals surface area contributed by atoms with Crippen LogP contribution in [0.25, 0.3) is 0 Å². The summed E-state index contributed by atoms with van der Waals surface area (Å²) in [7, 11) is 3.11. The van der Waals surface area contributed by atoms with Gasteiger partial charge in [-0.2, -0.15) is 0 Å². The number of anilines is 4. The van der Waals surface area contributed by atoms with E-state index in [2.05, 4.69) is 10.6 Å². The lowest BCUT2D eigenvalue weighted by Gasteiger charge is -2.23. The molecule has 35 heavy (non-hydrogen) atoms. The normalized spacial score (nSPS) is 14.0. The number of amides is 1.